The van der Waals surface area contributed by atoms with Crippen LogP contribution >= 0.6 is 0 Å². The van der Waals surface area contributed by atoms with Crippen molar-refractivity contribution >= 4 is 35.4 Å². The minimum atomic E-state index is -4.43. The van der Waals surface area contributed by atoms with Crippen LogP contribution in [-0.4, -0.2) is 77.5 Å². The Morgan fingerprint density at radius 1 is 0.976 bits per heavy atom. The smallest absolute Gasteiger partial charge is 0.396 e. The van der Waals surface area contributed by atoms with E-state index in [9.17, 15) is 37.5 Å². The summed E-state index contributed by atoms with van der Waals surface area (Å²) in [6.07, 6.45) is 0.583. The van der Waals surface area contributed by atoms with Crippen molar-refractivity contribution in [1.82, 2.24) is 20.9 Å². The Bertz CT molecular complexity index is 1130. The number of alkyl halides is 2. The fourth-order valence-electron chi connectivity index (χ4n) is 4.37. The fraction of sp³-hybridized carbons (Fsp3) is 0.571. The van der Waals surface area contributed by atoms with Crippen LogP contribution in [0.1, 0.15) is 53.0 Å². The number of benzene rings is 1. The fourth-order valence-corrected chi connectivity index (χ4v) is 4.37. The lowest BCUT2D eigenvalue weighted by Crippen LogP contribution is -2.60. The Morgan fingerprint density at radius 2 is 1.59 bits per heavy atom. The molecule has 11 nitrogen and oxygen atoms in total. The number of Topliss-reactive ketones (excluding diaryl/α,β-unsaturated/α-hetero) is 1. The number of ketones is 1. The molecule has 3 N–H and O–H groups in total. The molecule has 1 heterocycles. The number of halogens is 2. The van der Waals surface area contributed by atoms with Crippen molar-refractivity contribution in [3.63, 3.8) is 0 Å². The molecule has 13 heteroatoms. The van der Waals surface area contributed by atoms with E-state index in [4.69, 9.17) is 0 Å². The standard InChI is InChI=1S/C28H38F2N4O7/c1-6-41-26(39)24(37)33-21(17(4)5)25(38)34-14-10-13-19(34)23(36)32-20(16(2)3)22(35)28(29,30)27(40)31-15-18-11-8-7-9-12-18/h7-9,11-12,16-17,19-21H,6,10,13-15H2,1-5H3,(H,31,40)(H,32,36)(H,33,37). The van der Waals surface area contributed by atoms with Crippen molar-refractivity contribution in [2.24, 2.45) is 11.8 Å². The van der Waals surface area contributed by atoms with Gasteiger partial charge in [-0.3, -0.25) is 24.0 Å². The van der Waals surface area contributed by atoms with Gasteiger partial charge in [-0.15, -0.1) is 0 Å². The minimum Gasteiger partial charge on any atom is -0.459 e. The maximum Gasteiger partial charge on any atom is 0.396 e. The molecule has 3 unspecified atom stereocenters. The molecule has 2 rings (SSSR count). The Balaban J connectivity index is 2.14. The van der Waals surface area contributed by atoms with Gasteiger partial charge in [0.1, 0.15) is 12.1 Å². The zero-order valence-corrected chi connectivity index (χ0v) is 23.9. The molecule has 0 bridgehead atoms. The zero-order valence-electron chi connectivity index (χ0n) is 23.9. The maximum atomic E-state index is 14.9. The average Bonchev–Trinajstić information content (AvgIpc) is 3.43. The molecule has 0 aromatic heterocycles. The van der Waals surface area contributed by atoms with Crippen LogP contribution < -0.4 is 16.0 Å². The van der Waals surface area contributed by atoms with E-state index >= 15 is 0 Å². The Kier molecular flexibility index (Phi) is 11.9. The summed E-state index contributed by atoms with van der Waals surface area (Å²) in [6, 6.07) is 4.31. The molecule has 0 radical (unpaired) electrons. The van der Waals surface area contributed by atoms with E-state index in [0.717, 1.165) is 0 Å². The van der Waals surface area contributed by atoms with E-state index < -0.39 is 71.3 Å². The molecule has 4 amide bonds. The molecule has 1 saturated heterocycles. The third-order valence-electron chi connectivity index (χ3n) is 6.66. The molecule has 226 valence electrons. The van der Waals surface area contributed by atoms with Gasteiger partial charge in [0.15, 0.2) is 0 Å². The van der Waals surface area contributed by atoms with E-state index in [1.807, 2.05) is 0 Å². The lowest BCUT2D eigenvalue weighted by atomic mass is 9.94. The predicted molar refractivity (Wildman–Crippen MR) is 143 cm³/mol. The number of nitrogens with zero attached hydrogens (tertiary/aromatic N) is 1. The third-order valence-corrected chi connectivity index (χ3v) is 6.66. The van der Waals surface area contributed by atoms with Gasteiger partial charge >= 0.3 is 17.8 Å². The highest BCUT2D eigenvalue weighted by atomic mass is 19.3. The molecule has 1 aliphatic rings. The van der Waals surface area contributed by atoms with Gasteiger partial charge in [0.2, 0.25) is 17.6 Å². The van der Waals surface area contributed by atoms with Gasteiger partial charge in [0.05, 0.1) is 12.6 Å². The zero-order chi connectivity index (χ0) is 30.9. The number of hydrogen-bond acceptors (Lipinski definition) is 7. The first kappa shape index (κ1) is 33.3. The van der Waals surface area contributed by atoms with Crippen molar-refractivity contribution in [2.45, 2.75) is 78.1 Å². The topological polar surface area (TPSA) is 151 Å². The molecular weight excluding hydrogens is 542 g/mol. The molecule has 1 aliphatic heterocycles. The Labute approximate surface area is 237 Å². The number of nitrogens with one attached hydrogen (secondary N) is 3. The van der Waals surface area contributed by atoms with Gasteiger partial charge < -0.3 is 25.6 Å². The van der Waals surface area contributed by atoms with E-state index in [1.54, 1.807) is 44.2 Å². The summed E-state index contributed by atoms with van der Waals surface area (Å²) in [6.45, 7) is 7.55. The number of carbonyl (C=O) groups is 6. The number of hydrogen-bond donors (Lipinski definition) is 3. The van der Waals surface area contributed by atoms with E-state index in [0.29, 0.717) is 12.0 Å². The first-order chi connectivity index (χ1) is 19.2. The summed E-state index contributed by atoms with van der Waals surface area (Å²) in [5.41, 5.74) is 0.557. The van der Waals surface area contributed by atoms with Crippen molar-refractivity contribution in [1.29, 1.82) is 0 Å². The summed E-state index contributed by atoms with van der Waals surface area (Å²) in [5.74, 6) is -13.0. The van der Waals surface area contributed by atoms with Crippen LogP contribution in [0.25, 0.3) is 0 Å². The van der Waals surface area contributed by atoms with E-state index in [-0.39, 0.29) is 26.1 Å². The summed E-state index contributed by atoms with van der Waals surface area (Å²) in [5, 5.41) is 6.71. The van der Waals surface area contributed by atoms with Crippen LogP contribution in [0.4, 0.5) is 8.78 Å². The van der Waals surface area contributed by atoms with Crippen molar-refractivity contribution in [3.8, 4) is 0 Å². The summed E-state index contributed by atoms with van der Waals surface area (Å²) in [7, 11) is 0. The van der Waals surface area contributed by atoms with Crippen molar-refractivity contribution in [3.05, 3.63) is 35.9 Å². The SMILES string of the molecule is CCOC(=O)C(=O)NC(C(=O)N1CCCC1C(=O)NC(C(=O)C(F)(F)C(=O)NCc1ccccc1)C(C)C)C(C)C. The summed E-state index contributed by atoms with van der Waals surface area (Å²) in [4.78, 5) is 76.9. The van der Waals surface area contributed by atoms with Crippen LogP contribution in [0, 0.1) is 11.8 Å². The molecule has 0 aliphatic carbocycles. The van der Waals surface area contributed by atoms with Crippen LogP contribution in [0.2, 0.25) is 0 Å². The lowest BCUT2D eigenvalue weighted by Gasteiger charge is -2.32. The highest BCUT2D eigenvalue weighted by molar-refractivity contribution is 6.33. The summed E-state index contributed by atoms with van der Waals surface area (Å²) >= 11 is 0. The predicted octanol–water partition coefficient (Wildman–Crippen LogP) is 1.34. The van der Waals surface area contributed by atoms with E-state index in [1.165, 1.54) is 25.7 Å². The van der Waals surface area contributed by atoms with Crippen molar-refractivity contribution in [2.75, 3.05) is 13.2 Å². The molecule has 3 atom stereocenters. The normalized spacial score (nSPS) is 16.6. The number of carbonyl (C=O) groups excluding carboxylic acids is 6. The average molecular weight is 581 g/mol. The second-order valence-electron chi connectivity index (χ2n) is 10.4. The molecule has 0 saturated carbocycles. The largest absolute Gasteiger partial charge is 0.459 e. The van der Waals surface area contributed by atoms with Gasteiger partial charge in [0, 0.05) is 13.1 Å². The quantitative estimate of drug-likeness (QED) is 0.192. The molecule has 41 heavy (non-hydrogen) atoms. The number of amides is 4. The second-order valence-corrected chi connectivity index (χ2v) is 10.4. The van der Waals surface area contributed by atoms with Crippen molar-refractivity contribution < 1.29 is 42.3 Å². The first-order valence-electron chi connectivity index (χ1n) is 13.5. The Morgan fingerprint density at radius 3 is 2.15 bits per heavy atom. The lowest BCUT2D eigenvalue weighted by molar-refractivity contribution is -0.161. The van der Waals surface area contributed by atoms with Crippen LogP contribution in [0.15, 0.2) is 30.3 Å². The van der Waals surface area contributed by atoms with Gasteiger partial charge in [-0.2, -0.15) is 8.78 Å². The Hall–Kier alpha value is -3.90. The monoisotopic (exact) mass is 580 g/mol. The molecule has 1 fully saturated rings. The van der Waals surface area contributed by atoms with Gasteiger partial charge in [-0.1, -0.05) is 58.0 Å². The second kappa shape index (κ2) is 14.6. The molecule has 0 spiro atoms. The van der Waals surface area contributed by atoms with Gasteiger partial charge in [-0.05, 0) is 37.2 Å². The number of likely N-dealkylation sites (tertiary alicyclic amines) is 1. The number of rotatable bonds is 12. The highest BCUT2D eigenvalue weighted by Crippen LogP contribution is 2.24. The van der Waals surface area contributed by atoms with Crippen LogP contribution in [0.5, 0.6) is 0 Å². The highest BCUT2D eigenvalue weighted by Gasteiger charge is 2.51. The molecular formula is C28H38F2N4O7. The summed E-state index contributed by atoms with van der Waals surface area (Å²) < 4.78 is 34.5. The van der Waals surface area contributed by atoms with Crippen LogP contribution in [0.3, 0.4) is 0 Å². The van der Waals surface area contributed by atoms with Gasteiger partial charge in [0.25, 0.3) is 5.91 Å². The minimum absolute atomic E-state index is 0.0373. The van der Waals surface area contributed by atoms with E-state index in [2.05, 4.69) is 20.7 Å². The molecule has 1 aromatic rings. The maximum absolute atomic E-state index is 14.9. The molecule has 1 aromatic carbocycles. The number of esters is 1. The third kappa shape index (κ3) is 8.54. The first-order valence-corrected chi connectivity index (χ1v) is 13.5. The van der Waals surface area contributed by atoms with Crippen LogP contribution in [-0.2, 0) is 40.0 Å². The van der Waals surface area contributed by atoms with Gasteiger partial charge in [-0.25, -0.2) is 4.79 Å². The number of ether oxygens (including phenoxy) is 1.